The number of nitrogens with one attached hydrogen (secondary N) is 1. The molecule has 23 heavy (non-hydrogen) atoms. The van der Waals surface area contributed by atoms with Crippen molar-refractivity contribution in [3.8, 4) is 5.75 Å². The normalized spacial score (nSPS) is 13.6. The van der Waals surface area contributed by atoms with Crippen LogP contribution in [0.2, 0.25) is 0 Å². The van der Waals surface area contributed by atoms with E-state index in [1.54, 1.807) is 24.5 Å². The molecule has 2 aromatic rings. The summed E-state index contributed by atoms with van der Waals surface area (Å²) in [5.74, 6) is 0.861. The van der Waals surface area contributed by atoms with Gasteiger partial charge in [-0.05, 0) is 48.1 Å². The lowest BCUT2D eigenvalue weighted by Gasteiger charge is -2.23. The van der Waals surface area contributed by atoms with E-state index >= 15 is 0 Å². The standard InChI is InChI=1S/C18H21N3O2/c22-17-7-5-15(6-8-17)13-21(12-14-3-4-14)18(23)20-11-16-2-1-9-19-10-16/h1-2,5-10,14,22H,3-4,11-13H2,(H,20,23). The van der Waals surface area contributed by atoms with Gasteiger partial charge in [0.2, 0.25) is 0 Å². The van der Waals surface area contributed by atoms with Crippen LogP contribution in [0.25, 0.3) is 0 Å². The Labute approximate surface area is 136 Å². The van der Waals surface area contributed by atoms with E-state index in [9.17, 15) is 9.90 Å². The SMILES string of the molecule is O=C(NCc1cccnc1)N(Cc1ccc(O)cc1)CC1CC1. The predicted octanol–water partition coefficient (Wildman–Crippen LogP) is 2.91. The van der Waals surface area contributed by atoms with Crippen LogP contribution in [0, 0.1) is 5.92 Å². The van der Waals surface area contributed by atoms with Gasteiger partial charge in [-0.3, -0.25) is 4.98 Å². The summed E-state index contributed by atoms with van der Waals surface area (Å²) in [6, 6.07) is 10.7. The van der Waals surface area contributed by atoms with Crippen molar-refractivity contribution >= 4 is 6.03 Å². The van der Waals surface area contributed by atoms with E-state index in [4.69, 9.17) is 0 Å². The van der Waals surface area contributed by atoms with Gasteiger partial charge in [0.1, 0.15) is 5.75 Å². The van der Waals surface area contributed by atoms with Crippen molar-refractivity contribution in [3.63, 3.8) is 0 Å². The van der Waals surface area contributed by atoms with Gasteiger partial charge in [0.05, 0.1) is 0 Å². The molecule has 0 bridgehead atoms. The van der Waals surface area contributed by atoms with Crippen LogP contribution in [-0.4, -0.2) is 27.6 Å². The van der Waals surface area contributed by atoms with Gasteiger partial charge in [-0.25, -0.2) is 4.79 Å². The van der Waals surface area contributed by atoms with Crippen LogP contribution < -0.4 is 5.32 Å². The first-order valence-corrected chi connectivity index (χ1v) is 7.90. The molecule has 1 aromatic heterocycles. The van der Waals surface area contributed by atoms with E-state index in [0.29, 0.717) is 19.0 Å². The number of aromatic nitrogens is 1. The van der Waals surface area contributed by atoms with E-state index in [0.717, 1.165) is 17.7 Å². The van der Waals surface area contributed by atoms with Crippen LogP contribution in [0.5, 0.6) is 5.75 Å². The average molecular weight is 311 g/mol. The number of hydrogen-bond donors (Lipinski definition) is 2. The second-order valence-corrected chi connectivity index (χ2v) is 6.01. The lowest BCUT2D eigenvalue weighted by molar-refractivity contribution is 0.192. The zero-order valence-electron chi connectivity index (χ0n) is 13.0. The molecule has 0 aliphatic heterocycles. The quantitative estimate of drug-likeness (QED) is 0.862. The second kappa shape index (κ2) is 7.13. The first kappa shape index (κ1) is 15.3. The maximum Gasteiger partial charge on any atom is 0.317 e. The first-order chi connectivity index (χ1) is 11.2. The molecule has 0 unspecified atom stereocenters. The molecule has 1 aliphatic carbocycles. The molecule has 5 nitrogen and oxygen atoms in total. The molecule has 5 heteroatoms. The third-order valence-electron chi connectivity index (χ3n) is 3.94. The minimum Gasteiger partial charge on any atom is -0.508 e. The Morgan fingerprint density at radius 2 is 2.00 bits per heavy atom. The molecule has 0 saturated heterocycles. The number of phenols is 1. The van der Waals surface area contributed by atoms with Crippen molar-refractivity contribution in [2.75, 3.05) is 6.54 Å². The van der Waals surface area contributed by atoms with Gasteiger partial charge < -0.3 is 15.3 Å². The minimum atomic E-state index is -0.0613. The largest absolute Gasteiger partial charge is 0.508 e. The summed E-state index contributed by atoms with van der Waals surface area (Å²) >= 11 is 0. The minimum absolute atomic E-state index is 0.0613. The average Bonchev–Trinajstić information content (AvgIpc) is 3.39. The van der Waals surface area contributed by atoms with E-state index in [2.05, 4.69) is 10.3 Å². The Bertz CT molecular complexity index is 639. The summed E-state index contributed by atoms with van der Waals surface area (Å²) in [5.41, 5.74) is 2.00. The molecular weight excluding hydrogens is 290 g/mol. The summed E-state index contributed by atoms with van der Waals surface area (Å²) in [7, 11) is 0. The van der Waals surface area contributed by atoms with Crippen molar-refractivity contribution < 1.29 is 9.90 Å². The van der Waals surface area contributed by atoms with Crippen molar-refractivity contribution in [1.29, 1.82) is 0 Å². The van der Waals surface area contributed by atoms with Crippen LogP contribution >= 0.6 is 0 Å². The highest BCUT2D eigenvalue weighted by Gasteiger charge is 2.26. The fourth-order valence-corrected chi connectivity index (χ4v) is 2.45. The molecular formula is C18H21N3O2. The van der Waals surface area contributed by atoms with E-state index in [1.807, 2.05) is 29.2 Å². The number of amides is 2. The Balaban J connectivity index is 1.60. The molecule has 120 valence electrons. The van der Waals surface area contributed by atoms with Gasteiger partial charge in [-0.15, -0.1) is 0 Å². The highest BCUT2D eigenvalue weighted by atomic mass is 16.3. The first-order valence-electron chi connectivity index (χ1n) is 7.90. The molecule has 2 amide bonds. The molecule has 0 spiro atoms. The van der Waals surface area contributed by atoms with Crippen molar-refractivity contribution in [2.45, 2.75) is 25.9 Å². The molecule has 1 heterocycles. The van der Waals surface area contributed by atoms with Crippen molar-refractivity contribution in [2.24, 2.45) is 5.92 Å². The number of hydrogen-bond acceptors (Lipinski definition) is 3. The van der Waals surface area contributed by atoms with Crippen LogP contribution in [0.1, 0.15) is 24.0 Å². The summed E-state index contributed by atoms with van der Waals surface area (Å²) in [5, 5.41) is 12.3. The zero-order chi connectivity index (χ0) is 16.1. The number of benzene rings is 1. The molecule has 1 fully saturated rings. The number of phenolic OH excluding ortho intramolecular Hbond substituents is 1. The van der Waals surface area contributed by atoms with Gasteiger partial charge in [0.15, 0.2) is 0 Å². The monoisotopic (exact) mass is 311 g/mol. The number of pyridine rings is 1. The summed E-state index contributed by atoms with van der Waals surface area (Å²) in [6.07, 6.45) is 5.87. The Morgan fingerprint density at radius 3 is 2.65 bits per heavy atom. The number of aromatic hydroxyl groups is 1. The third-order valence-corrected chi connectivity index (χ3v) is 3.94. The van der Waals surface area contributed by atoms with Crippen LogP contribution in [0.4, 0.5) is 4.79 Å². The Kier molecular flexibility index (Phi) is 4.76. The van der Waals surface area contributed by atoms with E-state index in [-0.39, 0.29) is 11.8 Å². The van der Waals surface area contributed by atoms with Crippen molar-refractivity contribution in [1.82, 2.24) is 15.2 Å². The molecule has 1 saturated carbocycles. The molecule has 2 N–H and O–H groups in total. The Hall–Kier alpha value is -2.56. The Morgan fingerprint density at radius 1 is 1.22 bits per heavy atom. The van der Waals surface area contributed by atoms with Crippen molar-refractivity contribution in [3.05, 3.63) is 59.9 Å². The highest BCUT2D eigenvalue weighted by molar-refractivity contribution is 5.74. The highest BCUT2D eigenvalue weighted by Crippen LogP contribution is 2.30. The number of rotatable bonds is 6. The molecule has 3 rings (SSSR count). The summed E-state index contributed by atoms with van der Waals surface area (Å²) in [4.78, 5) is 18.4. The smallest absolute Gasteiger partial charge is 0.317 e. The molecule has 1 aliphatic rings. The molecule has 0 radical (unpaired) electrons. The predicted molar refractivity (Wildman–Crippen MR) is 87.7 cm³/mol. The van der Waals surface area contributed by atoms with Crippen LogP contribution in [-0.2, 0) is 13.1 Å². The number of nitrogens with zero attached hydrogens (tertiary/aromatic N) is 2. The fraction of sp³-hybridized carbons (Fsp3) is 0.333. The van der Waals surface area contributed by atoms with E-state index < -0.39 is 0 Å². The maximum absolute atomic E-state index is 12.5. The zero-order valence-corrected chi connectivity index (χ0v) is 13.0. The lowest BCUT2D eigenvalue weighted by atomic mass is 10.2. The molecule has 1 aromatic carbocycles. The number of urea groups is 1. The topological polar surface area (TPSA) is 65.5 Å². The maximum atomic E-state index is 12.5. The number of carbonyl (C=O) groups excluding carboxylic acids is 1. The molecule has 0 atom stereocenters. The third kappa shape index (κ3) is 4.71. The van der Waals surface area contributed by atoms with Gasteiger partial charge >= 0.3 is 6.03 Å². The second-order valence-electron chi connectivity index (χ2n) is 6.01. The number of carbonyl (C=O) groups is 1. The lowest BCUT2D eigenvalue weighted by Crippen LogP contribution is -2.40. The van der Waals surface area contributed by atoms with Gasteiger partial charge in [0.25, 0.3) is 0 Å². The van der Waals surface area contributed by atoms with E-state index in [1.165, 1.54) is 12.8 Å². The summed E-state index contributed by atoms with van der Waals surface area (Å²) < 4.78 is 0. The summed E-state index contributed by atoms with van der Waals surface area (Å²) in [6.45, 7) is 1.80. The van der Waals surface area contributed by atoms with Crippen LogP contribution in [0.15, 0.2) is 48.8 Å². The van der Waals surface area contributed by atoms with Gasteiger partial charge in [-0.2, -0.15) is 0 Å². The fourth-order valence-electron chi connectivity index (χ4n) is 2.45. The van der Waals surface area contributed by atoms with Gasteiger partial charge in [0, 0.05) is 32.0 Å². The van der Waals surface area contributed by atoms with Gasteiger partial charge in [-0.1, -0.05) is 18.2 Å². The van der Waals surface area contributed by atoms with Crippen LogP contribution in [0.3, 0.4) is 0 Å².